The molecule has 1 heterocycles. The fraction of sp³-hybridized carbons (Fsp3) is 1.00. The molecule has 3 unspecified atom stereocenters. The highest BCUT2D eigenvalue weighted by molar-refractivity contribution is 4.75. The Kier molecular flexibility index (Phi) is 6.37. The summed E-state index contributed by atoms with van der Waals surface area (Å²) in [6.07, 6.45) is 3.98. The molecule has 2 nitrogen and oxygen atoms in total. The molecule has 0 spiro atoms. The fourth-order valence-corrected chi connectivity index (χ4v) is 2.61. The molecule has 1 aliphatic rings. The maximum atomic E-state index is 3.52. The average molecular weight is 226 g/mol. The third-order valence-electron chi connectivity index (χ3n) is 3.90. The molecule has 16 heavy (non-hydrogen) atoms. The van der Waals surface area contributed by atoms with Crippen LogP contribution in [-0.2, 0) is 0 Å². The topological polar surface area (TPSA) is 15.3 Å². The molecule has 0 aromatic carbocycles. The van der Waals surface area contributed by atoms with Gasteiger partial charge in [0, 0.05) is 12.6 Å². The van der Waals surface area contributed by atoms with Crippen molar-refractivity contribution in [1.82, 2.24) is 10.2 Å². The third-order valence-corrected chi connectivity index (χ3v) is 3.90. The van der Waals surface area contributed by atoms with E-state index in [1.165, 1.54) is 45.4 Å². The van der Waals surface area contributed by atoms with Gasteiger partial charge in [-0.3, -0.25) is 0 Å². The summed E-state index contributed by atoms with van der Waals surface area (Å²) in [4.78, 5) is 2.71. The van der Waals surface area contributed by atoms with Crippen LogP contribution >= 0.6 is 0 Å². The van der Waals surface area contributed by atoms with Crippen molar-refractivity contribution in [1.29, 1.82) is 0 Å². The summed E-state index contributed by atoms with van der Waals surface area (Å²) in [6, 6.07) is 0.760. The molecule has 0 amide bonds. The first-order valence-electron chi connectivity index (χ1n) is 7.08. The number of nitrogens with one attached hydrogen (secondary N) is 1. The van der Waals surface area contributed by atoms with E-state index in [0.717, 1.165) is 17.9 Å². The minimum absolute atomic E-state index is 0.760. The second-order valence-electron chi connectivity index (χ2n) is 5.76. The molecule has 1 rings (SSSR count). The van der Waals surface area contributed by atoms with E-state index in [2.05, 4.69) is 37.9 Å². The summed E-state index contributed by atoms with van der Waals surface area (Å²) in [5.41, 5.74) is 0. The van der Waals surface area contributed by atoms with Crippen LogP contribution in [-0.4, -0.2) is 37.1 Å². The van der Waals surface area contributed by atoms with Crippen molar-refractivity contribution in [2.45, 2.75) is 53.0 Å². The van der Waals surface area contributed by atoms with Crippen LogP contribution in [0.2, 0.25) is 0 Å². The Labute approximate surface area is 102 Å². The number of nitrogens with zero attached hydrogens (tertiary/aromatic N) is 1. The molecule has 3 atom stereocenters. The van der Waals surface area contributed by atoms with Crippen LogP contribution in [0, 0.1) is 11.8 Å². The molecule has 0 aromatic heterocycles. The molecule has 1 aliphatic heterocycles. The molecule has 1 N–H and O–H groups in total. The Morgan fingerprint density at radius 1 is 1.38 bits per heavy atom. The molecule has 0 saturated carbocycles. The summed E-state index contributed by atoms with van der Waals surface area (Å²) in [7, 11) is 0. The van der Waals surface area contributed by atoms with Gasteiger partial charge < -0.3 is 10.2 Å². The molecule has 0 radical (unpaired) electrons. The quantitative estimate of drug-likeness (QED) is 0.793. The van der Waals surface area contributed by atoms with Crippen LogP contribution in [0.4, 0.5) is 0 Å². The maximum Gasteiger partial charge on any atom is 0.00695 e. The van der Waals surface area contributed by atoms with Crippen molar-refractivity contribution in [3.8, 4) is 0 Å². The SMILES string of the molecule is CCC(C)CC(C)N1CCCNCC(C)C1. The van der Waals surface area contributed by atoms with Gasteiger partial charge in [-0.25, -0.2) is 0 Å². The lowest BCUT2D eigenvalue weighted by Gasteiger charge is -2.34. The van der Waals surface area contributed by atoms with Crippen LogP contribution in [0.5, 0.6) is 0 Å². The Morgan fingerprint density at radius 2 is 2.12 bits per heavy atom. The van der Waals surface area contributed by atoms with Gasteiger partial charge in [-0.1, -0.05) is 27.2 Å². The Hall–Kier alpha value is -0.0800. The summed E-state index contributed by atoms with van der Waals surface area (Å²) in [5.74, 6) is 1.66. The van der Waals surface area contributed by atoms with Crippen LogP contribution in [0.1, 0.15) is 47.0 Å². The van der Waals surface area contributed by atoms with Crippen molar-refractivity contribution in [2.24, 2.45) is 11.8 Å². The smallest absolute Gasteiger partial charge is 0.00695 e. The summed E-state index contributed by atoms with van der Waals surface area (Å²) in [6.45, 7) is 14.4. The largest absolute Gasteiger partial charge is 0.316 e. The second-order valence-corrected chi connectivity index (χ2v) is 5.76. The lowest BCUT2D eigenvalue weighted by atomic mass is 9.98. The molecule has 0 bridgehead atoms. The average Bonchev–Trinajstić information content (AvgIpc) is 2.22. The Bertz CT molecular complexity index is 182. The normalized spacial score (nSPS) is 28.1. The number of hydrogen-bond donors (Lipinski definition) is 1. The van der Waals surface area contributed by atoms with Gasteiger partial charge in [0.2, 0.25) is 0 Å². The zero-order chi connectivity index (χ0) is 12.0. The van der Waals surface area contributed by atoms with E-state index in [1.807, 2.05) is 0 Å². The summed E-state index contributed by atoms with van der Waals surface area (Å²) in [5, 5.41) is 3.52. The van der Waals surface area contributed by atoms with Crippen molar-refractivity contribution in [3.63, 3.8) is 0 Å². The van der Waals surface area contributed by atoms with Crippen molar-refractivity contribution in [3.05, 3.63) is 0 Å². The van der Waals surface area contributed by atoms with E-state index in [0.29, 0.717) is 0 Å². The van der Waals surface area contributed by atoms with Gasteiger partial charge >= 0.3 is 0 Å². The number of hydrogen-bond acceptors (Lipinski definition) is 2. The van der Waals surface area contributed by atoms with Gasteiger partial charge in [-0.15, -0.1) is 0 Å². The predicted molar refractivity (Wildman–Crippen MR) is 71.8 cm³/mol. The van der Waals surface area contributed by atoms with Gasteiger partial charge in [0.15, 0.2) is 0 Å². The monoisotopic (exact) mass is 226 g/mol. The van der Waals surface area contributed by atoms with E-state index in [-0.39, 0.29) is 0 Å². The summed E-state index contributed by atoms with van der Waals surface area (Å²) < 4.78 is 0. The minimum Gasteiger partial charge on any atom is -0.316 e. The van der Waals surface area contributed by atoms with E-state index >= 15 is 0 Å². The lowest BCUT2D eigenvalue weighted by Crippen LogP contribution is -2.43. The van der Waals surface area contributed by atoms with Crippen LogP contribution in [0.25, 0.3) is 0 Å². The fourth-order valence-electron chi connectivity index (χ4n) is 2.61. The second kappa shape index (κ2) is 7.29. The van der Waals surface area contributed by atoms with Gasteiger partial charge in [0.1, 0.15) is 0 Å². The van der Waals surface area contributed by atoms with E-state index in [1.54, 1.807) is 0 Å². The molecular weight excluding hydrogens is 196 g/mol. The van der Waals surface area contributed by atoms with Gasteiger partial charge in [-0.05, 0) is 51.2 Å². The number of rotatable bonds is 4. The lowest BCUT2D eigenvalue weighted by molar-refractivity contribution is 0.147. The van der Waals surface area contributed by atoms with Crippen molar-refractivity contribution in [2.75, 3.05) is 26.2 Å². The first kappa shape index (κ1) is 14.0. The first-order chi connectivity index (χ1) is 7.63. The Morgan fingerprint density at radius 3 is 2.81 bits per heavy atom. The van der Waals surface area contributed by atoms with Crippen molar-refractivity contribution < 1.29 is 0 Å². The van der Waals surface area contributed by atoms with E-state index < -0.39 is 0 Å². The highest BCUT2D eigenvalue weighted by Gasteiger charge is 2.19. The zero-order valence-corrected chi connectivity index (χ0v) is 11.6. The third kappa shape index (κ3) is 4.84. The molecule has 0 aliphatic carbocycles. The van der Waals surface area contributed by atoms with Crippen LogP contribution in [0.3, 0.4) is 0 Å². The van der Waals surface area contributed by atoms with Gasteiger partial charge in [0.25, 0.3) is 0 Å². The van der Waals surface area contributed by atoms with Gasteiger partial charge in [-0.2, -0.15) is 0 Å². The summed E-state index contributed by atoms with van der Waals surface area (Å²) >= 11 is 0. The van der Waals surface area contributed by atoms with E-state index in [9.17, 15) is 0 Å². The molecule has 2 heteroatoms. The first-order valence-corrected chi connectivity index (χ1v) is 7.08. The molecule has 0 aromatic rings. The van der Waals surface area contributed by atoms with Gasteiger partial charge in [0.05, 0.1) is 0 Å². The minimum atomic E-state index is 0.760. The standard InChI is InChI=1S/C14H30N2/c1-5-12(2)9-14(4)16-8-6-7-15-10-13(3)11-16/h12-15H,5-11H2,1-4H3. The van der Waals surface area contributed by atoms with Crippen LogP contribution in [0.15, 0.2) is 0 Å². The predicted octanol–water partition coefficient (Wildman–Crippen LogP) is 2.74. The van der Waals surface area contributed by atoms with Crippen LogP contribution < -0.4 is 5.32 Å². The molecule has 96 valence electrons. The maximum absolute atomic E-state index is 3.52. The van der Waals surface area contributed by atoms with E-state index in [4.69, 9.17) is 0 Å². The highest BCUT2D eigenvalue weighted by Crippen LogP contribution is 2.16. The molecule has 1 saturated heterocycles. The van der Waals surface area contributed by atoms with Crippen molar-refractivity contribution >= 4 is 0 Å². The molecular formula is C14H30N2. The Balaban J connectivity index is 2.41. The zero-order valence-electron chi connectivity index (χ0n) is 11.6. The molecule has 1 fully saturated rings. The highest BCUT2D eigenvalue weighted by atomic mass is 15.2.